The molecule has 3 heterocycles. The van der Waals surface area contributed by atoms with Crippen molar-refractivity contribution in [3.8, 4) is 0 Å². The van der Waals surface area contributed by atoms with Crippen LogP contribution >= 0.6 is 0 Å². The molecule has 3 amide bonds. The van der Waals surface area contributed by atoms with Crippen molar-refractivity contribution in [3.63, 3.8) is 0 Å². The molecule has 2 aliphatic heterocycles. The summed E-state index contributed by atoms with van der Waals surface area (Å²) in [5.41, 5.74) is 6.27. The molecule has 40 heavy (non-hydrogen) atoms. The third kappa shape index (κ3) is 5.19. The molecule has 8 heteroatoms. The Hall–Kier alpha value is -4.17. The van der Waals surface area contributed by atoms with Gasteiger partial charge in [0.1, 0.15) is 0 Å². The lowest BCUT2D eigenvalue weighted by atomic mass is 10.0. The van der Waals surface area contributed by atoms with Crippen LogP contribution in [-0.4, -0.2) is 65.7 Å². The van der Waals surface area contributed by atoms with Gasteiger partial charge in [-0.05, 0) is 76.2 Å². The second-order valence-electron chi connectivity index (χ2n) is 10.9. The number of benzene rings is 2. The molecule has 2 atom stereocenters. The van der Waals surface area contributed by atoms with Crippen LogP contribution in [0.15, 0.2) is 48.5 Å². The van der Waals surface area contributed by atoms with E-state index in [0.29, 0.717) is 46.2 Å². The number of hydrogen-bond acceptors (Lipinski definition) is 4. The molecule has 1 saturated heterocycles. The van der Waals surface area contributed by atoms with Crippen molar-refractivity contribution in [2.45, 2.75) is 45.7 Å². The molecule has 0 aliphatic carbocycles. The Morgan fingerprint density at radius 3 is 2.58 bits per heavy atom. The van der Waals surface area contributed by atoms with E-state index in [1.54, 1.807) is 24.3 Å². The zero-order chi connectivity index (χ0) is 28.6. The number of aromatic amines is 1. The quantitative estimate of drug-likeness (QED) is 0.377. The highest BCUT2D eigenvalue weighted by molar-refractivity contribution is 6.35. The predicted octanol–water partition coefficient (Wildman–Crippen LogP) is 4.78. The minimum Gasteiger partial charge on any atom is -0.358 e. The summed E-state index contributed by atoms with van der Waals surface area (Å²) < 4.78 is 0. The first-order valence-electron chi connectivity index (χ1n) is 13.9. The molecule has 0 radical (unpaired) electrons. The summed E-state index contributed by atoms with van der Waals surface area (Å²) in [7, 11) is 4.08. The predicted molar refractivity (Wildman–Crippen MR) is 158 cm³/mol. The monoisotopic (exact) mass is 539 g/mol. The molecule has 3 aromatic rings. The summed E-state index contributed by atoms with van der Waals surface area (Å²) in [5.74, 6) is -0.422. The number of likely N-dealkylation sites (N-methyl/N-ethyl adjacent to an activating group) is 1. The third-order valence-corrected chi connectivity index (χ3v) is 8.14. The highest BCUT2D eigenvalue weighted by Crippen LogP contribution is 2.35. The van der Waals surface area contributed by atoms with E-state index in [4.69, 9.17) is 0 Å². The number of nitrogens with one attached hydrogen (secondary N) is 3. The van der Waals surface area contributed by atoms with Crippen molar-refractivity contribution in [2.24, 2.45) is 0 Å². The Morgan fingerprint density at radius 1 is 1.15 bits per heavy atom. The molecule has 0 saturated carbocycles. The zero-order valence-corrected chi connectivity index (χ0v) is 23.8. The lowest BCUT2D eigenvalue weighted by molar-refractivity contribution is -0.110. The van der Waals surface area contributed by atoms with Gasteiger partial charge in [-0.15, -0.1) is 0 Å². The number of carbonyl (C=O) groups excluding carboxylic acids is 3. The van der Waals surface area contributed by atoms with Gasteiger partial charge in [0.15, 0.2) is 0 Å². The van der Waals surface area contributed by atoms with Gasteiger partial charge >= 0.3 is 0 Å². The molecule has 2 aromatic carbocycles. The molecule has 2 unspecified atom stereocenters. The second-order valence-corrected chi connectivity index (χ2v) is 10.9. The maximum Gasteiger partial charge on any atom is 0.256 e. The van der Waals surface area contributed by atoms with Crippen molar-refractivity contribution >= 4 is 35.1 Å². The summed E-state index contributed by atoms with van der Waals surface area (Å²) in [6.07, 6.45) is 3.49. The first-order valence-corrected chi connectivity index (χ1v) is 13.9. The minimum absolute atomic E-state index is 0.0133. The Bertz CT molecular complexity index is 1490. The molecule has 3 N–H and O–H groups in total. The maximum absolute atomic E-state index is 13.4. The van der Waals surface area contributed by atoms with E-state index in [1.165, 1.54) is 0 Å². The number of carbonyl (C=O) groups is 3. The van der Waals surface area contributed by atoms with Crippen molar-refractivity contribution in [1.29, 1.82) is 0 Å². The lowest BCUT2D eigenvalue weighted by Gasteiger charge is -2.20. The van der Waals surface area contributed by atoms with Crippen molar-refractivity contribution < 1.29 is 14.4 Å². The molecule has 1 fully saturated rings. The number of aromatic nitrogens is 1. The van der Waals surface area contributed by atoms with Crippen molar-refractivity contribution in [3.05, 3.63) is 87.7 Å². The van der Waals surface area contributed by atoms with Crippen LogP contribution in [0, 0.1) is 13.8 Å². The van der Waals surface area contributed by atoms with E-state index in [2.05, 4.69) is 20.5 Å². The fraction of sp³-hybridized carbons (Fsp3) is 0.344. The second kappa shape index (κ2) is 11.1. The van der Waals surface area contributed by atoms with Gasteiger partial charge in [-0.2, -0.15) is 0 Å². The Kier molecular flexibility index (Phi) is 7.63. The van der Waals surface area contributed by atoms with Gasteiger partial charge in [0.05, 0.1) is 17.2 Å². The van der Waals surface area contributed by atoms with Crippen LogP contribution in [0.3, 0.4) is 0 Å². The average molecular weight is 540 g/mol. The smallest absolute Gasteiger partial charge is 0.256 e. The van der Waals surface area contributed by atoms with Crippen LogP contribution in [0.1, 0.15) is 74.6 Å². The van der Waals surface area contributed by atoms with Crippen LogP contribution in [-0.2, 0) is 4.79 Å². The Balaban J connectivity index is 1.41. The minimum atomic E-state index is -0.240. The van der Waals surface area contributed by atoms with Gasteiger partial charge in [-0.25, -0.2) is 0 Å². The van der Waals surface area contributed by atoms with Crippen LogP contribution in [0.5, 0.6) is 0 Å². The number of anilines is 1. The summed E-state index contributed by atoms with van der Waals surface area (Å²) in [5, 5.41) is 6.02. The Morgan fingerprint density at radius 2 is 1.90 bits per heavy atom. The van der Waals surface area contributed by atoms with E-state index in [1.807, 2.05) is 70.1 Å². The summed E-state index contributed by atoms with van der Waals surface area (Å²) >= 11 is 0. The maximum atomic E-state index is 13.4. The number of likely N-dealkylation sites (tertiary alicyclic amines) is 1. The zero-order valence-electron chi connectivity index (χ0n) is 23.8. The van der Waals surface area contributed by atoms with Gasteiger partial charge in [0, 0.05) is 47.3 Å². The molecule has 8 nitrogen and oxygen atoms in total. The van der Waals surface area contributed by atoms with E-state index in [-0.39, 0.29) is 23.8 Å². The molecule has 208 valence electrons. The van der Waals surface area contributed by atoms with Crippen molar-refractivity contribution in [2.75, 3.05) is 32.5 Å². The molecular formula is C32H37N5O3. The van der Waals surface area contributed by atoms with Gasteiger partial charge in [0.2, 0.25) is 0 Å². The summed E-state index contributed by atoms with van der Waals surface area (Å²) in [6, 6.07) is 15.4. The number of nitrogens with zero attached hydrogens (tertiary/aromatic N) is 2. The normalized spacial score (nSPS) is 18.2. The van der Waals surface area contributed by atoms with Crippen LogP contribution in [0.4, 0.5) is 5.69 Å². The molecule has 0 spiro atoms. The highest BCUT2D eigenvalue weighted by atomic mass is 16.2. The van der Waals surface area contributed by atoms with Gasteiger partial charge in [-0.3, -0.25) is 14.4 Å². The number of aryl methyl sites for hydroxylation is 1. The molecular weight excluding hydrogens is 502 g/mol. The van der Waals surface area contributed by atoms with Crippen LogP contribution in [0.25, 0.3) is 11.6 Å². The molecule has 1 aromatic heterocycles. The van der Waals surface area contributed by atoms with Crippen LogP contribution in [0.2, 0.25) is 0 Å². The standard InChI is InChI=1S/C32H37N5O3/c1-6-26(21-10-8-7-9-11-21)34-30(38)22-12-13-27-24(16-22)25(31(39)35-27)17-28-19(2)29(20(3)33-28)32(40)37-15-14-23(18-37)36(4)5/h7-13,16-17,23,26,33H,6,14-15,18H2,1-5H3,(H,34,38)(H,35,39). The van der Waals surface area contributed by atoms with Crippen LogP contribution < -0.4 is 10.6 Å². The van der Waals surface area contributed by atoms with E-state index in [0.717, 1.165) is 36.2 Å². The van der Waals surface area contributed by atoms with Crippen molar-refractivity contribution in [1.82, 2.24) is 20.1 Å². The number of H-pyrrole nitrogens is 1. The highest BCUT2D eigenvalue weighted by Gasteiger charge is 2.31. The number of hydrogen-bond donors (Lipinski definition) is 3. The first kappa shape index (κ1) is 27.4. The summed E-state index contributed by atoms with van der Waals surface area (Å²) in [6.45, 7) is 7.27. The average Bonchev–Trinajstić information content (AvgIpc) is 3.63. The first-order chi connectivity index (χ1) is 19.2. The summed E-state index contributed by atoms with van der Waals surface area (Å²) in [4.78, 5) is 47.1. The molecule has 5 rings (SSSR count). The topological polar surface area (TPSA) is 97.5 Å². The van der Waals surface area contributed by atoms with E-state index < -0.39 is 0 Å². The number of amides is 3. The van der Waals surface area contributed by atoms with E-state index >= 15 is 0 Å². The molecule has 0 bridgehead atoms. The number of fused-ring (bicyclic) bond motifs is 1. The fourth-order valence-corrected chi connectivity index (χ4v) is 5.71. The molecule has 2 aliphatic rings. The van der Waals surface area contributed by atoms with Gasteiger partial charge in [-0.1, -0.05) is 37.3 Å². The van der Waals surface area contributed by atoms with E-state index in [9.17, 15) is 14.4 Å². The Labute approximate surface area is 235 Å². The third-order valence-electron chi connectivity index (χ3n) is 8.14. The number of rotatable bonds is 7. The van der Waals surface area contributed by atoms with Gasteiger partial charge in [0.25, 0.3) is 17.7 Å². The fourth-order valence-electron chi connectivity index (χ4n) is 5.71. The van der Waals surface area contributed by atoms with Gasteiger partial charge < -0.3 is 25.4 Å². The largest absolute Gasteiger partial charge is 0.358 e. The SMILES string of the molecule is CCC(NC(=O)c1ccc2c(c1)C(=Cc1[nH]c(C)c(C(=O)N3CCC(N(C)C)C3)c1C)C(=O)N2)c1ccccc1. The lowest BCUT2D eigenvalue weighted by Crippen LogP contribution is -2.34.